The molecule has 9 nitrogen and oxygen atoms in total. The molecular formula is C15H21N7O2S. The summed E-state index contributed by atoms with van der Waals surface area (Å²) in [4.78, 5) is 8.34. The van der Waals surface area contributed by atoms with Crippen molar-refractivity contribution in [2.75, 3.05) is 10.6 Å². The van der Waals surface area contributed by atoms with Crippen molar-refractivity contribution in [2.45, 2.75) is 44.0 Å². The molecule has 0 fully saturated rings. The molecule has 0 aliphatic heterocycles. The summed E-state index contributed by atoms with van der Waals surface area (Å²) in [5, 5.41) is 18.6. The molecule has 0 amide bonds. The summed E-state index contributed by atoms with van der Waals surface area (Å²) in [7, 11) is -1.97. The quantitative estimate of drug-likeness (QED) is 0.796. The monoisotopic (exact) mass is 363 g/mol. The van der Waals surface area contributed by atoms with Gasteiger partial charge in [0.25, 0.3) is 0 Å². The van der Waals surface area contributed by atoms with Gasteiger partial charge < -0.3 is 10.6 Å². The van der Waals surface area contributed by atoms with E-state index in [4.69, 9.17) is 0 Å². The molecule has 0 unspecified atom stereocenters. The average molecular weight is 363 g/mol. The van der Waals surface area contributed by atoms with E-state index in [-0.39, 0.29) is 28.1 Å². The number of aromatic nitrogens is 4. The van der Waals surface area contributed by atoms with Gasteiger partial charge in [0.05, 0.1) is 17.1 Å². The molecule has 0 bridgehead atoms. The van der Waals surface area contributed by atoms with Crippen LogP contribution in [0, 0.1) is 11.3 Å². The Kier molecular flexibility index (Phi) is 5.27. The third-order valence-electron chi connectivity index (χ3n) is 3.27. The van der Waals surface area contributed by atoms with Gasteiger partial charge in [0, 0.05) is 19.3 Å². The molecule has 0 aliphatic rings. The van der Waals surface area contributed by atoms with E-state index in [2.05, 4.69) is 25.7 Å². The lowest BCUT2D eigenvalue weighted by Gasteiger charge is -2.12. The van der Waals surface area contributed by atoms with E-state index >= 15 is 0 Å². The fraction of sp³-hybridized carbons (Fsp3) is 0.467. The van der Waals surface area contributed by atoms with E-state index in [1.54, 1.807) is 20.9 Å². The van der Waals surface area contributed by atoms with Crippen LogP contribution in [0.15, 0.2) is 17.4 Å². The van der Waals surface area contributed by atoms with Gasteiger partial charge >= 0.3 is 0 Å². The van der Waals surface area contributed by atoms with Crippen LogP contribution in [0.4, 0.5) is 17.5 Å². The molecule has 0 saturated carbocycles. The van der Waals surface area contributed by atoms with E-state index in [1.165, 1.54) is 17.1 Å². The minimum absolute atomic E-state index is 0.0779. The number of rotatable bonds is 6. The smallest absolute Gasteiger partial charge is 0.224 e. The maximum atomic E-state index is 12.5. The molecule has 10 heteroatoms. The summed E-state index contributed by atoms with van der Waals surface area (Å²) in [6.45, 7) is 7.04. The van der Waals surface area contributed by atoms with E-state index in [9.17, 15) is 13.7 Å². The summed E-state index contributed by atoms with van der Waals surface area (Å²) in [5.41, 5.74) is 0.466. The van der Waals surface area contributed by atoms with Crippen LogP contribution in [-0.4, -0.2) is 39.5 Å². The van der Waals surface area contributed by atoms with E-state index in [1.807, 2.05) is 19.9 Å². The number of nitriles is 1. The van der Waals surface area contributed by atoms with Crippen molar-refractivity contribution in [3.8, 4) is 6.07 Å². The Morgan fingerprint density at radius 1 is 1.28 bits per heavy atom. The van der Waals surface area contributed by atoms with Crippen LogP contribution in [0.3, 0.4) is 0 Å². The predicted octanol–water partition coefficient (Wildman–Crippen LogP) is 1.83. The second-order valence-corrected chi connectivity index (χ2v) is 8.53. The molecule has 0 radical (unpaired) electrons. The number of hydrogen-bond donors (Lipinski definition) is 2. The molecule has 134 valence electrons. The van der Waals surface area contributed by atoms with Crippen molar-refractivity contribution in [3.05, 3.63) is 18.0 Å². The van der Waals surface area contributed by atoms with Gasteiger partial charge in [-0.3, -0.25) is 4.68 Å². The minimum Gasteiger partial charge on any atom is -0.352 e. The number of aryl methyl sites for hydroxylation is 1. The molecule has 0 aromatic carbocycles. The Morgan fingerprint density at radius 3 is 2.52 bits per heavy atom. The minimum atomic E-state index is -3.59. The first-order valence-electron chi connectivity index (χ1n) is 7.73. The Morgan fingerprint density at radius 2 is 1.96 bits per heavy atom. The Bertz CT molecular complexity index is 910. The summed E-state index contributed by atoms with van der Waals surface area (Å²) in [5.74, 6) is 0.558. The van der Waals surface area contributed by atoms with Crippen molar-refractivity contribution in [1.82, 2.24) is 19.7 Å². The fourth-order valence-electron chi connectivity index (χ4n) is 2.00. The fourth-order valence-corrected chi connectivity index (χ4v) is 3.10. The van der Waals surface area contributed by atoms with Crippen LogP contribution < -0.4 is 10.6 Å². The topological polar surface area (TPSA) is 126 Å². The Hall–Kier alpha value is -2.67. The van der Waals surface area contributed by atoms with Crippen LogP contribution in [-0.2, 0) is 16.9 Å². The van der Waals surface area contributed by atoms with Crippen molar-refractivity contribution in [2.24, 2.45) is 7.05 Å². The van der Waals surface area contributed by atoms with Crippen molar-refractivity contribution in [1.29, 1.82) is 5.26 Å². The summed E-state index contributed by atoms with van der Waals surface area (Å²) < 4.78 is 26.4. The number of nitrogens with zero attached hydrogens (tertiary/aromatic N) is 5. The lowest BCUT2D eigenvalue weighted by molar-refractivity contribution is 0.579. The zero-order chi connectivity index (χ0) is 18.8. The van der Waals surface area contributed by atoms with E-state index < -0.39 is 15.1 Å². The molecule has 0 saturated heterocycles. The normalized spacial score (nSPS) is 11.6. The lowest BCUT2D eigenvalue weighted by Crippen LogP contribution is -2.17. The van der Waals surface area contributed by atoms with Crippen LogP contribution in [0.5, 0.6) is 0 Å². The van der Waals surface area contributed by atoms with Crippen LogP contribution in [0.1, 0.15) is 33.3 Å². The van der Waals surface area contributed by atoms with E-state index in [0.717, 1.165) is 0 Å². The zero-order valence-electron chi connectivity index (χ0n) is 14.8. The van der Waals surface area contributed by atoms with Gasteiger partial charge in [-0.1, -0.05) is 0 Å². The molecule has 0 atom stereocenters. The maximum absolute atomic E-state index is 12.5. The largest absolute Gasteiger partial charge is 0.352 e. The standard InChI is InChI=1S/C15H21N7O2S/c1-9(2)18-15-17-7-11(6-16)13(20-15)19-12-8-22(5)21-14(12)25(23,24)10(3)4/h7-10H,1-5H3,(H2,17,18,19,20). The SMILES string of the molecule is CC(C)Nc1ncc(C#N)c(Nc2cn(C)nc2S(=O)(=O)C(C)C)n1. The molecule has 2 rings (SSSR count). The van der Waals surface area contributed by atoms with Gasteiger partial charge in [0.2, 0.25) is 20.8 Å². The van der Waals surface area contributed by atoms with Gasteiger partial charge in [0.15, 0.2) is 5.82 Å². The van der Waals surface area contributed by atoms with Gasteiger partial charge in [0.1, 0.15) is 11.6 Å². The third kappa shape index (κ3) is 4.06. The molecule has 25 heavy (non-hydrogen) atoms. The molecule has 0 aliphatic carbocycles. The van der Waals surface area contributed by atoms with Crippen LogP contribution in [0.25, 0.3) is 0 Å². The highest BCUT2D eigenvalue weighted by molar-refractivity contribution is 7.92. The molecule has 0 spiro atoms. The molecule has 2 aromatic heterocycles. The van der Waals surface area contributed by atoms with Gasteiger partial charge in [-0.25, -0.2) is 13.4 Å². The number of nitrogens with one attached hydrogen (secondary N) is 2. The Labute approximate surface area is 147 Å². The third-order valence-corrected chi connectivity index (χ3v) is 5.35. The zero-order valence-corrected chi connectivity index (χ0v) is 15.6. The lowest BCUT2D eigenvalue weighted by atomic mass is 10.3. The van der Waals surface area contributed by atoms with Crippen LogP contribution >= 0.6 is 0 Å². The first-order chi connectivity index (χ1) is 11.6. The average Bonchev–Trinajstić information content (AvgIpc) is 2.88. The summed E-state index contributed by atoms with van der Waals surface area (Å²) >= 11 is 0. The van der Waals surface area contributed by atoms with Gasteiger partial charge in [-0.2, -0.15) is 15.3 Å². The number of sulfone groups is 1. The first kappa shape index (κ1) is 18.7. The summed E-state index contributed by atoms with van der Waals surface area (Å²) in [6.07, 6.45) is 2.92. The predicted molar refractivity (Wildman–Crippen MR) is 94.3 cm³/mol. The van der Waals surface area contributed by atoms with Crippen molar-refractivity contribution in [3.63, 3.8) is 0 Å². The Balaban J connectivity index is 2.49. The molecule has 2 aromatic rings. The highest BCUT2D eigenvalue weighted by Gasteiger charge is 2.27. The maximum Gasteiger partial charge on any atom is 0.224 e. The second-order valence-electron chi connectivity index (χ2n) is 6.11. The molecule has 2 N–H and O–H groups in total. The van der Waals surface area contributed by atoms with Gasteiger partial charge in [-0.15, -0.1) is 0 Å². The molecule has 2 heterocycles. The van der Waals surface area contributed by atoms with Crippen molar-refractivity contribution >= 4 is 27.3 Å². The van der Waals surface area contributed by atoms with Crippen molar-refractivity contribution < 1.29 is 8.42 Å². The number of hydrogen-bond acceptors (Lipinski definition) is 8. The number of anilines is 3. The van der Waals surface area contributed by atoms with Crippen LogP contribution in [0.2, 0.25) is 0 Å². The molecular weight excluding hydrogens is 342 g/mol. The second kappa shape index (κ2) is 7.06. The van der Waals surface area contributed by atoms with E-state index in [0.29, 0.717) is 5.95 Å². The first-order valence-corrected chi connectivity index (χ1v) is 9.28. The highest BCUT2D eigenvalue weighted by atomic mass is 32.2. The highest BCUT2D eigenvalue weighted by Crippen LogP contribution is 2.27. The summed E-state index contributed by atoms with van der Waals surface area (Å²) in [6, 6.07) is 2.10. The van der Waals surface area contributed by atoms with Gasteiger partial charge in [-0.05, 0) is 27.7 Å².